The lowest BCUT2D eigenvalue weighted by Gasteiger charge is -2.41. The Hall–Kier alpha value is -3.81. The molecule has 3 aromatic rings. The zero-order valence-corrected chi connectivity index (χ0v) is 25.2. The van der Waals surface area contributed by atoms with E-state index in [0.29, 0.717) is 47.3 Å². The SMILES string of the molecule is COc1cc(-c2nn(C3CCC(N4CCN(C)CC4)CC3)c3ncnc(N)c23)ccc1NC(=O)[C@H]1CCCN1OC(C)=O. The summed E-state index contributed by atoms with van der Waals surface area (Å²) < 4.78 is 7.72. The van der Waals surface area contributed by atoms with Gasteiger partial charge in [0.05, 0.1) is 24.2 Å². The Morgan fingerprint density at radius 3 is 2.47 bits per heavy atom. The topological polar surface area (TPSA) is 144 Å². The molecule has 2 aromatic heterocycles. The van der Waals surface area contributed by atoms with Crippen molar-refractivity contribution >= 4 is 34.4 Å². The summed E-state index contributed by atoms with van der Waals surface area (Å²) in [6.45, 7) is 6.37. The van der Waals surface area contributed by atoms with E-state index in [1.165, 1.54) is 18.3 Å². The summed E-state index contributed by atoms with van der Waals surface area (Å²) >= 11 is 0. The van der Waals surface area contributed by atoms with Crippen molar-refractivity contribution in [1.82, 2.24) is 34.6 Å². The van der Waals surface area contributed by atoms with Crippen molar-refractivity contribution in [3.63, 3.8) is 0 Å². The third-order valence-corrected chi connectivity index (χ3v) is 9.07. The lowest BCUT2D eigenvalue weighted by molar-refractivity contribution is -0.191. The average molecular weight is 592 g/mol. The van der Waals surface area contributed by atoms with Gasteiger partial charge in [0, 0.05) is 51.3 Å². The molecule has 13 nitrogen and oxygen atoms in total. The number of aromatic nitrogens is 4. The maximum atomic E-state index is 13.1. The third kappa shape index (κ3) is 6.01. The first-order valence-electron chi connectivity index (χ1n) is 15.2. The number of hydroxylamine groups is 2. The van der Waals surface area contributed by atoms with Gasteiger partial charge in [-0.2, -0.15) is 5.10 Å². The molecule has 0 unspecified atom stereocenters. The molecule has 1 amide bonds. The number of methoxy groups -OCH3 is 1. The molecule has 0 bridgehead atoms. The number of piperazine rings is 1. The minimum atomic E-state index is -0.559. The number of hydrogen-bond donors (Lipinski definition) is 2. The molecule has 6 rings (SSSR count). The van der Waals surface area contributed by atoms with Crippen LogP contribution in [0.5, 0.6) is 5.75 Å². The summed E-state index contributed by atoms with van der Waals surface area (Å²) in [5.41, 5.74) is 9.12. The van der Waals surface area contributed by atoms with Gasteiger partial charge in [0.2, 0.25) is 5.91 Å². The number of carbonyl (C=O) groups excluding carboxylic acids is 2. The number of anilines is 2. The number of carbonyl (C=O) groups is 2. The maximum Gasteiger partial charge on any atom is 0.322 e. The summed E-state index contributed by atoms with van der Waals surface area (Å²) in [6, 6.07) is 5.81. The lowest BCUT2D eigenvalue weighted by Crippen LogP contribution is -2.49. The monoisotopic (exact) mass is 591 g/mol. The summed E-state index contributed by atoms with van der Waals surface area (Å²) in [5.74, 6) is 0.151. The van der Waals surface area contributed by atoms with Gasteiger partial charge in [0.25, 0.3) is 0 Å². The molecule has 0 spiro atoms. The molecule has 2 saturated heterocycles. The second-order valence-corrected chi connectivity index (χ2v) is 11.8. The molecule has 1 atom stereocenters. The van der Waals surface area contributed by atoms with E-state index in [2.05, 4.69) is 32.1 Å². The highest BCUT2D eigenvalue weighted by Gasteiger charge is 2.34. The van der Waals surface area contributed by atoms with Crippen LogP contribution >= 0.6 is 0 Å². The van der Waals surface area contributed by atoms with E-state index in [-0.39, 0.29) is 11.9 Å². The molecule has 1 aliphatic carbocycles. The Morgan fingerprint density at radius 2 is 1.74 bits per heavy atom. The predicted molar refractivity (Wildman–Crippen MR) is 162 cm³/mol. The van der Waals surface area contributed by atoms with Crippen molar-refractivity contribution in [1.29, 1.82) is 0 Å². The molecular weight excluding hydrogens is 550 g/mol. The largest absolute Gasteiger partial charge is 0.495 e. The van der Waals surface area contributed by atoms with E-state index >= 15 is 0 Å². The molecule has 43 heavy (non-hydrogen) atoms. The van der Waals surface area contributed by atoms with Crippen LogP contribution in [0.25, 0.3) is 22.3 Å². The quantitative estimate of drug-likeness (QED) is 0.418. The Balaban J connectivity index is 1.23. The van der Waals surface area contributed by atoms with Crippen LogP contribution in [0.1, 0.15) is 51.5 Å². The van der Waals surface area contributed by atoms with Gasteiger partial charge < -0.3 is 25.5 Å². The van der Waals surface area contributed by atoms with Crippen LogP contribution in [0.2, 0.25) is 0 Å². The molecule has 1 saturated carbocycles. The predicted octanol–water partition coefficient (Wildman–Crippen LogP) is 2.70. The Morgan fingerprint density at radius 1 is 1.00 bits per heavy atom. The molecule has 3 N–H and O–H groups in total. The van der Waals surface area contributed by atoms with Crippen LogP contribution in [0.3, 0.4) is 0 Å². The van der Waals surface area contributed by atoms with E-state index < -0.39 is 12.0 Å². The molecule has 0 radical (unpaired) electrons. The van der Waals surface area contributed by atoms with Gasteiger partial charge in [-0.25, -0.2) is 14.6 Å². The van der Waals surface area contributed by atoms with Gasteiger partial charge in [-0.3, -0.25) is 14.5 Å². The van der Waals surface area contributed by atoms with Gasteiger partial charge >= 0.3 is 5.97 Å². The molecule has 1 aromatic carbocycles. The van der Waals surface area contributed by atoms with Crippen molar-refractivity contribution in [3.05, 3.63) is 24.5 Å². The number of hydrogen-bond acceptors (Lipinski definition) is 11. The Labute approximate surface area is 251 Å². The number of amides is 1. The fourth-order valence-electron chi connectivity index (χ4n) is 6.74. The molecule has 13 heteroatoms. The van der Waals surface area contributed by atoms with Gasteiger partial charge in [-0.1, -0.05) is 6.07 Å². The first-order chi connectivity index (χ1) is 20.8. The van der Waals surface area contributed by atoms with Gasteiger partial charge in [-0.05, 0) is 57.7 Å². The number of rotatable bonds is 7. The van der Waals surface area contributed by atoms with E-state index in [0.717, 1.165) is 69.5 Å². The number of likely N-dealkylation sites (N-methyl/N-ethyl adjacent to an activating group) is 1. The van der Waals surface area contributed by atoms with Crippen LogP contribution in [0, 0.1) is 0 Å². The highest BCUT2D eigenvalue weighted by atomic mass is 16.7. The number of ether oxygens (including phenoxy) is 1. The van der Waals surface area contributed by atoms with E-state index in [9.17, 15) is 9.59 Å². The Bertz CT molecular complexity index is 1480. The number of nitrogens with one attached hydrogen (secondary N) is 1. The van der Waals surface area contributed by atoms with Crippen LogP contribution in [0.4, 0.5) is 11.5 Å². The highest BCUT2D eigenvalue weighted by molar-refractivity contribution is 6.00. The van der Waals surface area contributed by atoms with Crippen LogP contribution < -0.4 is 15.8 Å². The van der Waals surface area contributed by atoms with Crippen LogP contribution in [-0.2, 0) is 14.4 Å². The number of nitrogens with two attached hydrogens (primary N) is 1. The molecule has 4 heterocycles. The van der Waals surface area contributed by atoms with Crippen molar-refractivity contribution in [2.24, 2.45) is 0 Å². The summed E-state index contributed by atoms with van der Waals surface area (Å²) in [6.07, 6.45) is 7.16. The van der Waals surface area contributed by atoms with Gasteiger partial charge in [0.15, 0.2) is 5.65 Å². The van der Waals surface area contributed by atoms with Crippen molar-refractivity contribution in [3.8, 4) is 17.0 Å². The summed E-state index contributed by atoms with van der Waals surface area (Å²) in [7, 11) is 3.75. The van der Waals surface area contributed by atoms with E-state index in [4.69, 9.17) is 20.4 Å². The normalized spacial score (nSPS) is 23.8. The highest BCUT2D eigenvalue weighted by Crippen LogP contribution is 2.39. The fourth-order valence-corrected chi connectivity index (χ4v) is 6.74. The third-order valence-electron chi connectivity index (χ3n) is 9.07. The molecule has 2 aliphatic heterocycles. The van der Waals surface area contributed by atoms with Crippen molar-refractivity contribution < 1.29 is 19.2 Å². The number of nitrogens with zero attached hydrogens (tertiary/aromatic N) is 7. The standard InChI is InChI=1S/C30H41N9O4/c1-19(40)43-38-12-4-5-24(38)30(41)34-23-11-6-20(17-25(23)42-3)27-26-28(31)32-18-33-29(26)39(35-27)22-9-7-21(8-10-22)37-15-13-36(2)14-16-37/h6,11,17-18,21-22,24H,4-5,7-10,12-16H2,1-3H3,(H,34,41)(H2,31,32,33)/t21?,22?,24-/m1/s1. The molecular formula is C30H41N9O4. The molecule has 3 aliphatic rings. The number of nitrogen functional groups attached to an aromatic ring is 1. The Kier molecular flexibility index (Phi) is 8.46. The smallest absolute Gasteiger partial charge is 0.322 e. The first kappa shape index (κ1) is 29.3. The first-order valence-corrected chi connectivity index (χ1v) is 15.2. The summed E-state index contributed by atoms with van der Waals surface area (Å²) in [5, 5.41) is 10.2. The maximum absolute atomic E-state index is 13.1. The van der Waals surface area contributed by atoms with Gasteiger partial charge in [0.1, 0.15) is 29.6 Å². The number of fused-ring (bicyclic) bond motifs is 1. The minimum Gasteiger partial charge on any atom is -0.495 e. The minimum absolute atomic E-state index is 0.223. The van der Waals surface area contributed by atoms with E-state index in [1.807, 2.05) is 16.8 Å². The zero-order valence-electron chi connectivity index (χ0n) is 25.2. The second kappa shape index (κ2) is 12.4. The fraction of sp³-hybridized carbons (Fsp3) is 0.567. The second-order valence-electron chi connectivity index (χ2n) is 11.8. The van der Waals surface area contributed by atoms with Gasteiger partial charge in [-0.15, -0.1) is 5.06 Å². The van der Waals surface area contributed by atoms with Crippen molar-refractivity contribution in [2.45, 2.75) is 63.6 Å². The lowest BCUT2D eigenvalue weighted by atomic mass is 9.90. The van der Waals surface area contributed by atoms with Crippen LogP contribution in [0.15, 0.2) is 24.5 Å². The molecule has 230 valence electrons. The van der Waals surface area contributed by atoms with Crippen LogP contribution in [-0.4, -0.2) is 105 Å². The number of benzene rings is 1. The van der Waals surface area contributed by atoms with Crippen molar-refractivity contribution in [2.75, 3.05) is 57.9 Å². The summed E-state index contributed by atoms with van der Waals surface area (Å²) in [4.78, 5) is 43.7. The zero-order chi connectivity index (χ0) is 30.1. The average Bonchev–Trinajstić information content (AvgIpc) is 3.63. The van der Waals surface area contributed by atoms with E-state index in [1.54, 1.807) is 13.2 Å². The molecule has 3 fully saturated rings.